The van der Waals surface area contributed by atoms with E-state index in [9.17, 15) is 13.2 Å². The third-order valence-corrected chi connectivity index (χ3v) is 8.12. The first-order chi connectivity index (χ1) is 16.3. The number of nitrogens with zero attached hydrogens (tertiary/aromatic N) is 3. The molecule has 1 unspecified atom stereocenters. The van der Waals surface area contributed by atoms with E-state index in [2.05, 4.69) is 20.3 Å². The van der Waals surface area contributed by atoms with E-state index in [0.29, 0.717) is 5.56 Å². The van der Waals surface area contributed by atoms with Crippen LogP contribution < -0.4 is 11.1 Å². The van der Waals surface area contributed by atoms with Crippen molar-refractivity contribution in [2.75, 3.05) is 11.9 Å². The van der Waals surface area contributed by atoms with Crippen LogP contribution in [-0.4, -0.2) is 41.0 Å². The fourth-order valence-corrected chi connectivity index (χ4v) is 5.68. The highest BCUT2D eigenvalue weighted by atomic mass is 35.5. The van der Waals surface area contributed by atoms with E-state index in [1.807, 2.05) is 29.6 Å². The number of aliphatic carboxylic acids is 1. The third kappa shape index (κ3) is 5.65. The quantitative estimate of drug-likeness (QED) is 0.295. The summed E-state index contributed by atoms with van der Waals surface area (Å²) in [4.78, 5) is 21.5. The van der Waals surface area contributed by atoms with Crippen LogP contribution in [0.4, 0.5) is 5.82 Å². The minimum absolute atomic E-state index is 0. The molecule has 0 aliphatic carbocycles. The number of hydrogen-bond acceptors (Lipinski definition) is 9. The molecule has 1 aromatic carbocycles. The molecule has 0 amide bonds. The Bertz CT molecular complexity index is 1390. The minimum atomic E-state index is -4.15. The van der Waals surface area contributed by atoms with Gasteiger partial charge in [0, 0.05) is 36.0 Å². The maximum absolute atomic E-state index is 13.8. The number of carboxylic acid groups (broad SMARTS) is 1. The Labute approximate surface area is 212 Å². The van der Waals surface area contributed by atoms with Gasteiger partial charge in [-0.1, -0.05) is 30.3 Å². The van der Waals surface area contributed by atoms with Gasteiger partial charge in [-0.15, -0.1) is 23.7 Å². The number of pyridine rings is 2. The molecule has 0 bridgehead atoms. The number of nitrogens with one attached hydrogen (secondary N) is 1. The van der Waals surface area contributed by atoms with Crippen LogP contribution in [0.3, 0.4) is 0 Å². The van der Waals surface area contributed by atoms with Gasteiger partial charge in [0.25, 0.3) is 0 Å². The Hall–Kier alpha value is -3.38. The fraction of sp³-hybridized carbons (Fsp3) is 0.130. The van der Waals surface area contributed by atoms with Crippen molar-refractivity contribution in [3.8, 4) is 10.6 Å². The first-order valence-corrected chi connectivity index (χ1v) is 12.5. The normalized spacial score (nSPS) is 12.8. The van der Waals surface area contributed by atoms with Crippen molar-refractivity contribution in [3.63, 3.8) is 0 Å². The Morgan fingerprint density at radius 2 is 1.86 bits per heavy atom. The number of sulfone groups is 1. The Kier molecular flexibility index (Phi) is 8.18. The molecule has 0 spiro atoms. The molecule has 12 heteroatoms. The highest BCUT2D eigenvalue weighted by molar-refractivity contribution is 7.92. The second-order valence-corrected chi connectivity index (χ2v) is 10.5. The van der Waals surface area contributed by atoms with E-state index < -0.39 is 20.7 Å². The summed E-state index contributed by atoms with van der Waals surface area (Å²) >= 11 is 1.50. The van der Waals surface area contributed by atoms with Crippen LogP contribution in [0.15, 0.2) is 83.5 Å². The molecular weight excluding hydrogens is 510 g/mol. The Morgan fingerprint density at radius 1 is 1.09 bits per heavy atom. The maximum Gasteiger partial charge on any atom is 0.322 e. The van der Waals surface area contributed by atoms with Crippen molar-refractivity contribution < 1.29 is 18.3 Å². The molecule has 0 saturated heterocycles. The van der Waals surface area contributed by atoms with Crippen LogP contribution in [-0.2, 0) is 25.9 Å². The fourth-order valence-electron chi connectivity index (χ4n) is 3.41. The SMILES string of the molecule is Cl.NC(Cc1ccc(-c2nccs2)cc1)(c1cccc(NCC(=O)O)n1)S(=O)(=O)c1cccnc1. The summed E-state index contributed by atoms with van der Waals surface area (Å²) in [6.07, 6.45) is 4.37. The molecule has 9 nitrogen and oxygen atoms in total. The summed E-state index contributed by atoms with van der Waals surface area (Å²) in [5.41, 5.74) is 8.36. The standard InChI is InChI=1S/C23H21N5O4S2.ClH/c24-23(34(31,32)18-3-2-10-25-14-18,19-4-1-5-20(28-19)27-15-21(29)30)13-16-6-8-17(9-7-16)22-26-11-12-33-22;/h1-12,14H,13,15,24H2,(H,27,28)(H,29,30);1H. The molecule has 0 aliphatic rings. The molecule has 0 saturated carbocycles. The van der Waals surface area contributed by atoms with E-state index in [1.165, 1.54) is 41.9 Å². The molecule has 4 rings (SSSR count). The lowest BCUT2D eigenvalue weighted by atomic mass is 10.0. The average molecular weight is 532 g/mol. The third-order valence-electron chi connectivity index (χ3n) is 5.13. The smallest absolute Gasteiger partial charge is 0.322 e. The van der Waals surface area contributed by atoms with E-state index >= 15 is 0 Å². The summed E-state index contributed by atoms with van der Waals surface area (Å²) in [5, 5.41) is 14.3. The maximum atomic E-state index is 13.8. The molecule has 3 heterocycles. The number of thiazole rings is 1. The van der Waals surface area contributed by atoms with Crippen LogP contribution in [0.2, 0.25) is 0 Å². The average Bonchev–Trinajstić information content (AvgIpc) is 3.39. The summed E-state index contributed by atoms with van der Waals surface area (Å²) in [6, 6.07) is 14.9. The second-order valence-electron chi connectivity index (χ2n) is 7.45. The van der Waals surface area contributed by atoms with Crippen molar-refractivity contribution in [1.29, 1.82) is 0 Å². The van der Waals surface area contributed by atoms with Gasteiger partial charge in [0.15, 0.2) is 4.87 Å². The monoisotopic (exact) mass is 531 g/mol. The zero-order valence-corrected chi connectivity index (χ0v) is 20.7. The predicted octanol–water partition coefficient (Wildman–Crippen LogP) is 3.35. The van der Waals surface area contributed by atoms with Crippen molar-refractivity contribution in [1.82, 2.24) is 15.0 Å². The van der Waals surface area contributed by atoms with Gasteiger partial charge in [-0.05, 0) is 29.8 Å². The highest BCUT2D eigenvalue weighted by Gasteiger charge is 2.44. The van der Waals surface area contributed by atoms with E-state index in [0.717, 1.165) is 10.6 Å². The molecule has 3 aromatic heterocycles. The zero-order chi connectivity index (χ0) is 24.2. The van der Waals surface area contributed by atoms with Crippen LogP contribution in [0, 0.1) is 0 Å². The van der Waals surface area contributed by atoms with Gasteiger partial charge >= 0.3 is 5.97 Å². The van der Waals surface area contributed by atoms with Crippen molar-refractivity contribution in [3.05, 3.63) is 89.8 Å². The van der Waals surface area contributed by atoms with Crippen molar-refractivity contribution in [2.24, 2.45) is 5.73 Å². The van der Waals surface area contributed by atoms with Crippen molar-refractivity contribution in [2.45, 2.75) is 16.2 Å². The number of benzene rings is 1. The van der Waals surface area contributed by atoms with Gasteiger partial charge in [-0.2, -0.15) is 0 Å². The van der Waals surface area contributed by atoms with Gasteiger partial charge < -0.3 is 16.2 Å². The van der Waals surface area contributed by atoms with Gasteiger partial charge in [-0.3, -0.25) is 9.78 Å². The van der Waals surface area contributed by atoms with E-state index in [-0.39, 0.29) is 41.8 Å². The lowest BCUT2D eigenvalue weighted by Gasteiger charge is -2.29. The summed E-state index contributed by atoms with van der Waals surface area (Å²) < 4.78 is 27.5. The number of carbonyl (C=O) groups is 1. The highest BCUT2D eigenvalue weighted by Crippen LogP contribution is 2.34. The number of rotatable bonds is 9. The predicted molar refractivity (Wildman–Crippen MR) is 136 cm³/mol. The Balaban J connectivity index is 0.00000342. The summed E-state index contributed by atoms with van der Waals surface area (Å²) in [5.74, 6) is -0.871. The molecule has 0 fully saturated rings. The van der Waals surface area contributed by atoms with Gasteiger partial charge in [0.05, 0.1) is 10.6 Å². The van der Waals surface area contributed by atoms with Gasteiger partial charge in [0.2, 0.25) is 9.84 Å². The summed E-state index contributed by atoms with van der Waals surface area (Å²) in [7, 11) is -4.15. The van der Waals surface area contributed by atoms with Crippen LogP contribution >= 0.6 is 23.7 Å². The number of nitrogens with two attached hydrogens (primary N) is 1. The van der Waals surface area contributed by atoms with Crippen LogP contribution in [0.5, 0.6) is 0 Å². The van der Waals surface area contributed by atoms with Crippen LogP contribution in [0.25, 0.3) is 10.6 Å². The molecule has 0 aliphatic heterocycles. The first-order valence-electron chi connectivity index (χ1n) is 10.2. The molecule has 182 valence electrons. The number of carboxylic acids is 1. The number of halogens is 1. The zero-order valence-electron chi connectivity index (χ0n) is 18.2. The minimum Gasteiger partial charge on any atom is -0.480 e. The Morgan fingerprint density at radius 3 is 2.49 bits per heavy atom. The topological polar surface area (TPSA) is 148 Å². The van der Waals surface area contributed by atoms with Crippen molar-refractivity contribution >= 4 is 45.4 Å². The first kappa shape index (κ1) is 26.2. The molecule has 4 aromatic rings. The van der Waals surface area contributed by atoms with E-state index in [4.69, 9.17) is 10.8 Å². The number of aromatic nitrogens is 3. The largest absolute Gasteiger partial charge is 0.480 e. The lowest BCUT2D eigenvalue weighted by Crippen LogP contribution is -2.47. The van der Waals surface area contributed by atoms with E-state index in [1.54, 1.807) is 18.3 Å². The number of hydrogen-bond donors (Lipinski definition) is 3. The molecule has 0 radical (unpaired) electrons. The van der Waals surface area contributed by atoms with Crippen LogP contribution in [0.1, 0.15) is 11.3 Å². The second kappa shape index (κ2) is 10.9. The molecule has 35 heavy (non-hydrogen) atoms. The molecule has 4 N–H and O–H groups in total. The molecule has 1 atom stereocenters. The number of anilines is 1. The van der Waals surface area contributed by atoms with Gasteiger partial charge in [0.1, 0.15) is 17.4 Å². The lowest BCUT2D eigenvalue weighted by molar-refractivity contribution is -0.134. The molecular formula is C23H22ClN5O4S2. The summed E-state index contributed by atoms with van der Waals surface area (Å²) in [6.45, 7) is -0.373. The van der Waals surface area contributed by atoms with Gasteiger partial charge in [-0.25, -0.2) is 18.4 Å².